The number of nitrogens with zero attached hydrogens (tertiary/aromatic N) is 4. The zero-order valence-corrected chi connectivity index (χ0v) is 21.6. The summed E-state index contributed by atoms with van der Waals surface area (Å²) in [7, 11) is -14.0. The summed E-state index contributed by atoms with van der Waals surface area (Å²) in [5, 5.41) is 25.6. The van der Waals surface area contributed by atoms with Crippen LogP contribution in [0, 0.1) is 0 Å². The van der Waals surface area contributed by atoms with Crippen LogP contribution in [-0.4, -0.2) is 44.0 Å². The van der Waals surface area contributed by atoms with Crippen LogP contribution >= 0.6 is 0 Å². The zero-order valence-electron chi connectivity index (χ0n) is 19.2. The van der Waals surface area contributed by atoms with E-state index in [0.717, 1.165) is 30.3 Å². The summed E-state index contributed by atoms with van der Waals surface area (Å²) < 4.78 is 98.4. The highest BCUT2D eigenvalue weighted by molar-refractivity contribution is 7.86. The van der Waals surface area contributed by atoms with E-state index < -0.39 is 51.6 Å². The Labute approximate surface area is 221 Å². The van der Waals surface area contributed by atoms with Crippen LogP contribution < -0.4 is 0 Å². The maximum Gasteiger partial charge on any atom is 0.296 e. The topological polar surface area (TPSA) is 233 Å². The van der Waals surface area contributed by atoms with E-state index in [-0.39, 0.29) is 32.7 Å². The molecule has 0 amide bonds. The van der Waals surface area contributed by atoms with Crippen LogP contribution in [0.5, 0.6) is 5.75 Å². The van der Waals surface area contributed by atoms with Gasteiger partial charge in [0.05, 0.1) is 16.3 Å². The lowest BCUT2D eigenvalue weighted by atomic mass is 10.1. The molecule has 39 heavy (non-hydrogen) atoms. The van der Waals surface area contributed by atoms with Crippen molar-refractivity contribution in [2.24, 2.45) is 20.5 Å². The Morgan fingerprint density at radius 2 is 1.18 bits per heavy atom. The fourth-order valence-electron chi connectivity index (χ4n) is 3.39. The summed E-state index contributed by atoms with van der Waals surface area (Å²) in [4.78, 5) is -1.69. The molecular weight excluding hydrogens is 576 g/mol. The Morgan fingerprint density at radius 3 is 1.79 bits per heavy atom. The summed E-state index contributed by atoms with van der Waals surface area (Å²) >= 11 is 0. The van der Waals surface area contributed by atoms with Crippen molar-refractivity contribution in [2.45, 2.75) is 14.7 Å². The second kappa shape index (κ2) is 10.2. The van der Waals surface area contributed by atoms with E-state index in [9.17, 15) is 39.5 Å². The number of phenols is 1. The molecule has 4 rings (SSSR count). The van der Waals surface area contributed by atoms with Crippen molar-refractivity contribution in [3.63, 3.8) is 0 Å². The Kier molecular flexibility index (Phi) is 7.30. The molecule has 0 saturated heterocycles. The molecule has 4 N–H and O–H groups in total. The van der Waals surface area contributed by atoms with Crippen LogP contribution in [0.15, 0.2) is 108 Å². The van der Waals surface area contributed by atoms with Gasteiger partial charge in [0, 0.05) is 5.39 Å². The van der Waals surface area contributed by atoms with Gasteiger partial charge < -0.3 is 5.11 Å². The third-order valence-corrected chi connectivity index (χ3v) is 7.78. The third kappa shape index (κ3) is 6.30. The molecule has 14 nitrogen and oxygen atoms in total. The number of aromatic hydroxyl groups is 1. The number of hydrogen-bond donors (Lipinski definition) is 4. The Balaban J connectivity index is 1.76. The fraction of sp³-hybridized carbons (Fsp3) is 0. The SMILES string of the molecule is O=S(=O)(O)c1ccc(N=Nc2ccc(N=Nc3c(O)ccc4cccc(S(=O)(=O)O)c34)c(S(=O)(=O)O)c2)cc1. The van der Waals surface area contributed by atoms with Crippen molar-refractivity contribution in [1.82, 2.24) is 0 Å². The van der Waals surface area contributed by atoms with Crippen molar-refractivity contribution >= 4 is 63.9 Å². The second-order valence-electron chi connectivity index (χ2n) is 7.76. The van der Waals surface area contributed by atoms with E-state index in [1.165, 1.54) is 42.5 Å². The molecule has 0 aliphatic heterocycles. The maximum atomic E-state index is 12.0. The minimum absolute atomic E-state index is 0.0675. The molecule has 0 heterocycles. The minimum atomic E-state index is -4.90. The smallest absolute Gasteiger partial charge is 0.296 e. The first kappa shape index (κ1) is 27.9. The largest absolute Gasteiger partial charge is 0.506 e. The normalized spacial score (nSPS) is 13.0. The van der Waals surface area contributed by atoms with Crippen molar-refractivity contribution in [3.05, 3.63) is 72.8 Å². The van der Waals surface area contributed by atoms with E-state index >= 15 is 0 Å². The third-order valence-electron chi connectivity index (χ3n) is 5.13. The molecule has 0 unspecified atom stereocenters. The first-order valence-electron chi connectivity index (χ1n) is 10.4. The molecule has 0 atom stereocenters. The van der Waals surface area contributed by atoms with Gasteiger partial charge in [0.15, 0.2) is 0 Å². The van der Waals surface area contributed by atoms with Crippen LogP contribution in [0.3, 0.4) is 0 Å². The fourth-order valence-corrected chi connectivity index (χ4v) is 5.24. The Morgan fingerprint density at radius 1 is 0.564 bits per heavy atom. The lowest BCUT2D eigenvalue weighted by Crippen LogP contribution is -1.99. The van der Waals surface area contributed by atoms with Gasteiger partial charge in [-0.3, -0.25) is 13.7 Å². The molecule has 202 valence electrons. The minimum Gasteiger partial charge on any atom is -0.506 e. The lowest BCUT2D eigenvalue weighted by molar-refractivity contribution is 0.476. The molecule has 0 aromatic heterocycles. The number of phenolic OH excluding ortho intramolecular Hbond substituents is 1. The lowest BCUT2D eigenvalue weighted by Gasteiger charge is -2.08. The van der Waals surface area contributed by atoms with Gasteiger partial charge in [-0.15, -0.1) is 10.2 Å². The maximum absolute atomic E-state index is 12.0. The molecular formula is C22H16N4O10S3. The molecule has 17 heteroatoms. The van der Waals surface area contributed by atoms with Crippen LogP contribution in [0.1, 0.15) is 0 Å². The van der Waals surface area contributed by atoms with Gasteiger partial charge in [-0.25, -0.2) is 0 Å². The van der Waals surface area contributed by atoms with Gasteiger partial charge in [-0.05, 0) is 60.0 Å². The molecule has 4 aromatic carbocycles. The molecule has 0 bridgehead atoms. The van der Waals surface area contributed by atoms with E-state index in [0.29, 0.717) is 0 Å². The molecule has 0 aliphatic rings. The monoisotopic (exact) mass is 592 g/mol. The van der Waals surface area contributed by atoms with Gasteiger partial charge in [-0.2, -0.15) is 35.5 Å². The van der Waals surface area contributed by atoms with Crippen LogP contribution in [0.4, 0.5) is 22.7 Å². The number of hydrogen-bond acceptors (Lipinski definition) is 11. The highest BCUT2D eigenvalue weighted by Crippen LogP contribution is 2.40. The van der Waals surface area contributed by atoms with E-state index in [4.69, 9.17) is 4.55 Å². The number of fused-ring (bicyclic) bond motifs is 1. The summed E-state index contributed by atoms with van der Waals surface area (Å²) in [6, 6.07) is 14.4. The molecule has 4 aromatic rings. The highest BCUT2D eigenvalue weighted by atomic mass is 32.2. The van der Waals surface area contributed by atoms with Crippen LogP contribution in [-0.2, 0) is 30.4 Å². The highest BCUT2D eigenvalue weighted by Gasteiger charge is 2.20. The average Bonchev–Trinajstić information content (AvgIpc) is 2.85. The van der Waals surface area contributed by atoms with E-state index in [1.807, 2.05) is 0 Å². The summed E-state index contributed by atoms with van der Waals surface area (Å²) in [5.74, 6) is -0.527. The van der Waals surface area contributed by atoms with E-state index in [2.05, 4.69) is 20.5 Å². The molecule has 0 spiro atoms. The van der Waals surface area contributed by atoms with Crippen molar-refractivity contribution in [1.29, 1.82) is 0 Å². The first-order valence-corrected chi connectivity index (χ1v) is 14.7. The van der Waals surface area contributed by atoms with Crippen molar-refractivity contribution in [3.8, 4) is 5.75 Å². The Hall–Kier alpha value is -4.13. The van der Waals surface area contributed by atoms with Crippen LogP contribution in [0.25, 0.3) is 10.8 Å². The first-order chi connectivity index (χ1) is 18.1. The Bertz CT molecular complexity index is 1990. The molecule has 0 fully saturated rings. The molecule has 0 saturated carbocycles. The predicted octanol–water partition coefficient (Wildman–Crippen LogP) is 5.12. The summed E-state index contributed by atoms with van der Waals surface area (Å²) in [6.07, 6.45) is 0. The number of azo groups is 2. The second-order valence-corrected chi connectivity index (χ2v) is 12.0. The van der Waals surface area contributed by atoms with Gasteiger partial charge >= 0.3 is 0 Å². The van der Waals surface area contributed by atoms with Gasteiger partial charge in [-0.1, -0.05) is 18.2 Å². The summed E-state index contributed by atoms with van der Waals surface area (Å²) in [6.45, 7) is 0. The molecule has 0 radical (unpaired) electrons. The van der Waals surface area contributed by atoms with Crippen molar-refractivity contribution in [2.75, 3.05) is 0 Å². The van der Waals surface area contributed by atoms with Crippen LogP contribution in [0.2, 0.25) is 0 Å². The summed E-state index contributed by atoms with van der Waals surface area (Å²) in [5.41, 5.74) is -0.712. The predicted molar refractivity (Wildman–Crippen MR) is 136 cm³/mol. The number of rotatable bonds is 7. The quantitative estimate of drug-likeness (QED) is 0.163. The standard InChI is InChI=1S/C22H16N4O10S3/c27-18-11-4-13-2-1-3-19(38(31,32)33)21(13)22(18)26-25-17-10-7-15(12-20(17)39(34,35)36)24-23-14-5-8-16(9-6-14)37(28,29)30/h1-12,27H,(H,28,29,30)(H,31,32,33)(H,34,35,36). The van der Waals surface area contributed by atoms with Gasteiger partial charge in [0.25, 0.3) is 30.4 Å². The molecule has 0 aliphatic carbocycles. The zero-order chi connectivity index (χ0) is 28.6. The van der Waals surface area contributed by atoms with E-state index in [1.54, 1.807) is 0 Å². The van der Waals surface area contributed by atoms with Gasteiger partial charge in [0.1, 0.15) is 26.9 Å². The number of benzene rings is 4. The van der Waals surface area contributed by atoms with Gasteiger partial charge in [0.2, 0.25) is 0 Å². The van der Waals surface area contributed by atoms with Crippen molar-refractivity contribution < 1.29 is 44.0 Å². The average molecular weight is 593 g/mol.